The second-order valence-electron chi connectivity index (χ2n) is 5.94. The molecule has 0 atom stereocenters. The fourth-order valence-corrected chi connectivity index (χ4v) is 3.32. The standard InChI is InChI=1S/C19H17Cl2NO4/c20-14-7-15(21)9-16(8-14)22-18(23)10-26-19(24)11-25-17-5-4-12-2-1-3-13(12)6-17/h4-9H,1-3,10-11H2,(H,22,23). The van der Waals surface area contributed by atoms with Crippen molar-refractivity contribution in [3.05, 3.63) is 57.6 Å². The number of rotatable bonds is 6. The molecular formula is C19H17Cl2NO4. The Morgan fingerprint density at radius 2 is 1.69 bits per heavy atom. The lowest BCUT2D eigenvalue weighted by Crippen LogP contribution is -2.23. The first-order valence-corrected chi connectivity index (χ1v) is 8.91. The van der Waals surface area contributed by atoms with Crippen LogP contribution in [0.4, 0.5) is 5.69 Å². The van der Waals surface area contributed by atoms with Gasteiger partial charge in [0, 0.05) is 15.7 Å². The van der Waals surface area contributed by atoms with Gasteiger partial charge in [0.25, 0.3) is 5.91 Å². The van der Waals surface area contributed by atoms with Crippen molar-refractivity contribution < 1.29 is 19.1 Å². The Bertz CT molecular complexity index is 818. The summed E-state index contributed by atoms with van der Waals surface area (Å²) >= 11 is 11.7. The zero-order valence-electron chi connectivity index (χ0n) is 13.9. The number of amides is 1. The van der Waals surface area contributed by atoms with Crippen molar-refractivity contribution in [2.75, 3.05) is 18.5 Å². The Kier molecular flexibility index (Phi) is 6.01. The number of benzene rings is 2. The third kappa shape index (κ3) is 5.13. The molecule has 0 radical (unpaired) electrons. The number of hydrogen-bond acceptors (Lipinski definition) is 4. The Balaban J connectivity index is 1.43. The normalized spacial score (nSPS) is 12.4. The minimum absolute atomic E-state index is 0.255. The first-order valence-electron chi connectivity index (χ1n) is 8.16. The topological polar surface area (TPSA) is 64.6 Å². The van der Waals surface area contributed by atoms with Gasteiger partial charge in [0.05, 0.1) is 0 Å². The fraction of sp³-hybridized carbons (Fsp3) is 0.263. The van der Waals surface area contributed by atoms with Crippen LogP contribution in [0.5, 0.6) is 5.75 Å². The molecule has 0 unspecified atom stereocenters. The van der Waals surface area contributed by atoms with E-state index in [0.717, 1.165) is 19.3 Å². The van der Waals surface area contributed by atoms with Crippen LogP contribution < -0.4 is 10.1 Å². The van der Waals surface area contributed by atoms with Gasteiger partial charge in [0.2, 0.25) is 0 Å². The van der Waals surface area contributed by atoms with Gasteiger partial charge in [-0.25, -0.2) is 4.79 Å². The van der Waals surface area contributed by atoms with Crippen LogP contribution >= 0.6 is 23.2 Å². The molecule has 1 amide bonds. The maximum atomic E-state index is 11.8. The maximum Gasteiger partial charge on any atom is 0.344 e. The van der Waals surface area contributed by atoms with Gasteiger partial charge in [0.1, 0.15) is 5.75 Å². The summed E-state index contributed by atoms with van der Waals surface area (Å²) in [6.45, 7) is -0.675. The molecule has 1 N–H and O–H groups in total. The number of aryl methyl sites for hydroxylation is 2. The zero-order valence-corrected chi connectivity index (χ0v) is 15.4. The molecule has 7 heteroatoms. The number of hydrogen-bond donors (Lipinski definition) is 1. The van der Waals surface area contributed by atoms with E-state index >= 15 is 0 Å². The number of esters is 1. The summed E-state index contributed by atoms with van der Waals surface area (Å²) in [6, 6.07) is 10.5. The summed E-state index contributed by atoms with van der Waals surface area (Å²) in [5.41, 5.74) is 3.02. The van der Waals surface area contributed by atoms with E-state index in [1.807, 2.05) is 18.2 Å². The average Bonchev–Trinajstić information content (AvgIpc) is 3.05. The molecular weight excluding hydrogens is 377 g/mol. The predicted molar refractivity (Wildman–Crippen MR) is 100 cm³/mol. The molecule has 3 rings (SSSR count). The van der Waals surface area contributed by atoms with Crippen molar-refractivity contribution in [2.24, 2.45) is 0 Å². The maximum absolute atomic E-state index is 11.8. The minimum atomic E-state index is -0.621. The summed E-state index contributed by atoms with van der Waals surface area (Å²) in [4.78, 5) is 23.6. The lowest BCUT2D eigenvalue weighted by atomic mass is 10.1. The van der Waals surface area contributed by atoms with E-state index in [1.165, 1.54) is 11.1 Å². The molecule has 2 aromatic rings. The number of halogens is 2. The molecule has 0 saturated heterocycles. The highest BCUT2D eigenvalue weighted by Crippen LogP contribution is 2.26. The SMILES string of the molecule is O=C(COC(=O)COc1ccc2c(c1)CCC2)Nc1cc(Cl)cc(Cl)c1. The van der Waals surface area contributed by atoms with Crippen molar-refractivity contribution in [1.29, 1.82) is 0 Å². The van der Waals surface area contributed by atoms with Crippen LogP contribution in [0.2, 0.25) is 10.0 Å². The van der Waals surface area contributed by atoms with Crippen LogP contribution in [0, 0.1) is 0 Å². The highest BCUT2D eigenvalue weighted by molar-refractivity contribution is 6.35. The molecule has 0 bridgehead atoms. The van der Waals surface area contributed by atoms with E-state index in [0.29, 0.717) is 21.5 Å². The van der Waals surface area contributed by atoms with Crippen LogP contribution in [0.1, 0.15) is 17.5 Å². The Morgan fingerprint density at radius 3 is 2.46 bits per heavy atom. The van der Waals surface area contributed by atoms with E-state index < -0.39 is 18.5 Å². The number of nitrogens with one attached hydrogen (secondary N) is 1. The van der Waals surface area contributed by atoms with Gasteiger partial charge < -0.3 is 14.8 Å². The van der Waals surface area contributed by atoms with Crippen molar-refractivity contribution in [3.8, 4) is 5.75 Å². The number of ether oxygens (including phenoxy) is 2. The van der Waals surface area contributed by atoms with Gasteiger partial charge in [0.15, 0.2) is 13.2 Å². The van der Waals surface area contributed by atoms with Gasteiger partial charge in [-0.15, -0.1) is 0 Å². The lowest BCUT2D eigenvalue weighted by Gasteiger charge is -2.09. The average molecular weight is 394 g/mol. The van der Waals surface area contributed by atoms with Gasteiger partial charge >= 0.3 is 5.97 Å². The third-order valence-electron chi connectivity index (χ3n) is 3.94. The summed E-state index contributed by atoms with van der Waals surface area (Å²) in [5, 5.41) is 3.35. The summed E-state index contributed by atoms with van der Waals surface area (Å²) < 4.78 is 10.3. The van der Waals surface area contributed by atoms with E-state index in [2.05, 4.69) is 5.32 Å². The molecule has 26 heavy (non-hydrogen) atoms. The largest absolute Gasteiger partial charge is 0.482 e. The second-order valence-corrected chi connectivity index (χ2v) is 6.81. The minimum Gasteiger partial charge on any atom is -0.482 e. The van der Waals surface area contributed by atoms with Crippen LogP contribution in [0.15, 0.2) is 36.4 Å². The van der Waals surface area contributed by atoms with Gasteiger partial charge in [-0.05, 0) is 60.7 Å². The number of carbonyl (C=O) groups is 2. The Labute approximate surface area is 161 Å². The van der Waals surface area contributed by atoms with Crippen molar-refractivity contribution in [3.63, 3.8) is 0 Å². The van der Waals surface area contributed by atoms with E-state index in [1.54, 1.807) is 18.2 Å². The molecule has 0 aliphatic heterocycles. The van der Waals surface area contributed by atoms with Gasteiger partial charge in [-0.1, -0.05) is 29.3 Å². The van der Waals surface area contributed by atoms with Crippen LogP contribution in [-0.4, -0.2) is 25.1 Å². The zero-order chi connectivity index (χ0) is 18.5. The molecule has 0 spiro atoms. The second kappa shape index (κ2) is 8.43. The van der Waals surface area contributed by atoms with Crippen molar-refractivity contribution in [2.45, 2.75) is 19.3 Å². The molecule has 0 saturated carbocycles. The summed E-state index contributed by atoms with van der Waals surface area (Å²) in [7, 11) is 0. The lowest BCUT2D eigenvalue weighted by molar-refractivity contribution is -0.149. The fourth-order valence-electron chi connectivity index (χ4n) is 2.79. The molecule has 5 nitrogen and oxygen atoms in total. The monoisotopic (exact) mass is 393 g/mol. The summed E-state index contributed by atoms with van der Waals surface area (Å²) in [6.07, 6.45) is 3.27. The van der Waals surface area contributed by atoms with E-state index in [9.17, 15) is 9.59 Å². The third-order valence-corrected chi connectivity index (χ3v) is 4.37. The van der Waals surface area contributed by atoms with Gasteiger partial charge in [-0.2, -0.15) is 0 Å². The summed E-state index contributed by atoms with van der Waals surface area (Å²) in [5.74, 6) is -0.486. The van der Waals surface area contributed by atoms with Crippen LogP contribution in [-0.2, 0) is 27.2 Å². The number of carbonyl (C=O) groups excluding carboxylic acids is 2. The molecule has 0 fully saturated rings. The van der Waals surface area contributed by atoms with Crippen molar-refractivity contribution in [1.82, 2.24) is 0 Å². The highest BCUT2D eigenvalue weighted by atomic mass is 35.5. The number of anilines is 1. The smallest absolute Gasteiger partial charge is 0.344 e. The van der Waals surface area contributed by atoms with Gasteiger partial charge in [-0.3, -0.25) is 4.79 Å². The van der Waals surface area contributed by atoms with Crippen LogP contribution in [0.3, 0.4) is 0 Å². The first-order chi connectivity index (χ1) is 12.5. The first kappa shape index (κ1) is 18.5. The number of fused-ring (bicyclic) bond motifs is 1. The molecule has 1 aliphatic carbocycles. The molecule has 136 valence electrons. The van der Waals surface area contributed by atoms with E-state index in [-0.39, 0.29) is 6.61 Å². The quantitative estimate of drug-likeness (QED) is 0.751. The Hall–Kier alpha value is -2.24. The molecule has 0 heterocycles. The van der Waals surface area contributed by atoms with E-state index in [4.69, 9.17) is 32.7 Å². The Morgan fingerprint density at radius 1 is 0.962 bits per heavy atom. The van der Waals surface area contributed by atoms with Crippen molar-refractivity contribution >= 4 is 40.8 Å². The van der Waals surface area contributed by atoms with Crippen LogP contribution in [0.25, 0.3) is 0 Å². The molecule has 1 aliphatic rings. The predicted octanol–water partition coefficient (Wildman–Crippen LogP) is 4.04. The molecule has 0 aromatic heterocycles. The molecule has 2 aromatic carbocycles. The highest BCUT2D eigenvalue weighted by Gasteiger charge is 2.13.